The number of carbonyl (C=O) groups excluding carboxylic acids is 1. The third-order valence-electron chi connectivity index (χ3n) is 1.88. The van der Waals surface area contributed by atoms with Gasteiger partial charge in [0.15, 0.2) is 5.78 Å². The summed E-state index contributed by atoms with van der Waals surface area (Å²) in [6.07, 6.45) is 3.52. The van der Waals surface area contributed by atoms with Gasteiger partial charge in [-0.3, -0.25) is 4.79 Å². The van der Waals surface area contributed by atoms with Crippen LogP contribution in [0.2, 0.25) is 0 Å². The first-order chi connectivity index (χ1) is 6.15. The second-order valence-electron chi connectivity index (χ2n) is 3.09. The standard InChI is InChI=1S/C10H14N2O/c1-4-5-10-11-6-9(8(3)13)7(2)12-10/h6H,4-5H2,1-3H3. The van der Waals surface area contributed by atoms with Crippen molar-refractivity contribution in [2.24, 2.45) is 0 Å². The lowest BCUT2D eigenvalue weighted by Crippen LogP contribution is -2.04. The van der Waals surface area contributed by atoms with Gasteiger partial charge >= 0.3 is 0 Å². The van der Waals surface area contributed by atoms with E-state index in [2.05, 4.69) is 16.9 Å². The minimum Gasteiger partial charge on any atom is -0.294 e. The predicted octanol–water partition coefficient (Wildman–Crippen LogP) is 1.94. The van der Waals surface area contributed by atoms with Crippen LogP contribution in [0.25, 0.3) is 0 Å². The summed E-state index contributed by atoms with van der Waals surface area (Å²) in [7, 11) is 0. The summed E-state index contributed by atoms with van der Waals surface area (Å²) in [4.78, 5) is 19.4. The molecule has 0 aliphatic heterocycles. The van der Waals surface area contributed by atoms with Crippen molar-refractivity contribution in [2.75, 3.05) is 0 Å². The van der Waals surface area contributed by atoms with Crippen molar-refractivity contribution in [2.45, 2.75) is 33.6 Å². The molecule has 0 radical (unpaired) electrons. The fourth-order valence-corrected chi connectivity index (χ4v) is 1.20. The van der Waals surface area contributed by atoms with Crippen LogP contribution in [0.15, 0.2) is 6.20 Å². The molecule has 0 N–H and O–H groups in total. The number of hydrogen-bond acceptors (Lipinski definition) is 3. The van der Waals surface area contributed by atoms with E-state index in [0.717, 1.165) is 24.4 Å². The Hall–Kier alpha value is -1.25. The van der Waals surface area contributed by atoms with Gasteiger partial charge in [-0.1, -0.05) is 6.92 Å². The van der Waals surface area contributed by atoms with Crippen LogP contribution in [0.3, 0.4) is 0 Å². The third kappa shape index (κ3) is 2.34. The topological polar surface area (TPSA) is 42.9 Å². The zero-order valence-electron chi connectivity index (χ0n) is 8.29. The van der Waals surface area contributed by atoms with Gasteiger partial charge in [0.2, 0.25) is 0 Å². The van der Waals surface area contributed by atoms with Gasteiger partial charge in [0, 0.05) is 12.6 Å². The van der Waals surface area contributed by atoms with Gasteiger partial charge < -0.3 is 0 Å². The summed E-state index contributed by atoms with van der Waals surface area (Å²) >= 11 is 0. The number of aromatic nitrogens is 2. The monoisotopic (exact) mass is 178 g/mol. The van der Waals surface area contributed by atoms with Crippen molar-refractivity contribution in [3.05, 3.63) is 23.3 Å². The van der Waals surface area contributed by atoms with E-state index < -0.39 is 0 Å². The Labute approximate surface area is 78.2 Å². The lowest BCUT2D eigenvalue weighted by molar-refractivity contribution is 0.101. The highest BCUT2D eigenvalue weighted by Crippen LogP contribution is 2.05. The Morgan fingerprint density at radius 1 is 1.54 bits per heavy atom. The number of aryl methyl sites for hydroxylation is 2. The number of hydrogen-bond donors (Lipinski definition) is 0. The number of carbonyl (C=O) groups is 1. The lowest BCUT2D eigenvalue weighted by atomic mass is 10.2. The zero-order chi connectivity index (χ0) is 9.84. The highest BCUT2D eigenvalue weighted by atomic mass is 16.1. The van der Waals surface area contributed by atoms with Crippen molar-refractivity contribution in [3.8, 4) is 0 Å². The van der Waals surface area contributed by atoms with Crippen molar-refractivity contribution >= 4 is 5.78 Å². The largest absolute Gasteiger partial charge is 0.294 e. The lowest BCUT2D eigenvalue weighted by Gasteiger charge is -2.02. The van der Waals surface area contributed by atoms with Crippen LogP contribution in [0.5, 0.6) is 0 Å². The molecule has 1 heterocycles. The van der Waals surface area contributed by atoms with Crippen molar-refractivity contribution in [1.29, 1.82) is 0 Å². The fourth-order valence-electron chi connectivity index (χ4n) is 1.20. The van der Waals surface area contributed by atoms with Gasteiger partial charge in [0.05, 0.1) is 11.3 Å². The van der Waals surface area contributed by atoms with Crippen LogP contribution in [-0.4, -0.2) is 15.8 Å². The Morgan fingerprint density at radius 2 is 2.23 bits per heavy atom. The molecule has 0 aliphatic carbocycles. The summed E-state index contributed by atoms with van der Waals surface area (Å²) in [5, 5.41) is 0. The minimum atomic E-state index is 0.0283. The minimum absolute atomic E-state index is 0.0283. The molecule has 0 unspecified atom stereocenters. The zero-order valence-corrected chi connectivity index (χ0v) is 8.29. The molecule has 0 fully saturated rings. The van der Waals surface area contributed by atoms with Crippen LogP contribution >= 0.6 is 0 Å². The van der Waals surface area contributed by atoms with E-state index in [1.807, 2.05) is 6.92 Å². The van der Waals surface area contributed by atoms with Crippen LogP contribution in [0.4, 0.5) is 0 Å². The average Bonchev–Trinajstić information content (AvgIpc) is 2.04. The molecule has 0 aromatic carbocycles. The Bertz CT molecular complexity index is 321. The van der Waals surface area contributed by atoms with Gasteiger partial charge in [-0.2, -0.15) is 0 Å². The maximum atomic E-state index is 11.1. The van der Waals surface area contributed by atoms with Crippen molar-refractivity contribution < 1.29 is 4.79 Å². The normalized spacial score (nSPS) is 10.1. The summed E-state index contributed by atoms with van der Waals surface area (Å²) < 4.78 is 0. The molecule has 3 nitrogen and oxygen atoms in total. The summed E-state index contributed by atoms with van der Waals surface area (Å²) in [6, 6.07) is 0. The maximum absolute atomic E-state index is 11.1. The Kier molecular flexibility index (Phi) is 3.12. The average molecular weight is 178 g/mol. The van der Waals surface area contributed by atoms with E-state index in [1.165, 1.54) is 6.92 Å². The molecule has 1 aromatic heterocycles. The number of ketones is 1. The van der Waals surface area contributed by atoms with E-state index in [4.69, 9.17) is 0 Å². The first-order valence-electron chi connectivity index (χ1n) is 4.48. The van der Waals surface area contributed by atoms with Crippen LogP contribution < -0.4 is 0 Å². The van der Waals surface area contributed by atoms with Crippen LogP contribution in [0, 0.1) is 6.92 Å². The van der Waals surface area contributed by atoms with Crippen LogP contribution in [0.1, 0.15) is 42.1 Å². The highest BCUT2D eigenvalue weighted by molar-refractivity contribution is 5.94. The first kappa shape index (κ1) is 9.84. The molecule has 0 spiro atoms. The molecule has 13 heavy (non-hydrogen) atoms. The molecule has 1 aromatic rings. The number of nitrogens with zero attached hydrogens (tertiary/aromatic N) is 2. The molecule has 0 aliphatic rings. The second-order valence-corrected chi connectivity index (χ2v) is 3.09. The van der Waals surface area contributed by atoms with E-state index in [0.29, 0.717) is 5.56 Å². The molecular weight excluding hydrogens is 164 g/mol. The molecule has 0 bridgehead atoms. The molecular formula is C10H14N2O. The van der Waals surface area contributed by atoms with Gasteiger partial charge in [-0.05, 0) is 20.3 Å². The molecule has 0 saturated heterocycles. The van der Waals surface area contributed by atoms with Gasteiger partial charge in [-0.15, -0.1) is 0 Å². The fraction of sp³-hybridized carbons (Fsp3) is 0.500. The highest BCUT2D eigenvalue weighted by Gasteiger charge is 2.06. The molecule has 0 saturated carbocycles. The van der Waals surface area contributed by atoms with Crippen molar-refractivity contribution in [3.63, 3.8) is 0 Å². The van der Waals surface area contributed by atoms with E-state index >= 15 is 0 Å². The maximum Gasteiger partial charge on any atom is 0.163 e. The molecule has 70 valence electrons. The SMILES string of the molecule is CCCc1ncc(C(C)=O)c(C)n1. The van der Waals surface area contributed by atoms with E-state index in [9.17, 15) is 4.79 Å². The smallest absolute Gasteiger partial charge is 0.163 e. The molecule has 1 rings (SSSR count). The second kappa shape index (κ2) is 4.12. The third-order valence-corrected chi connectivity index (χ3v) is 1.88. The molecule has 0 atom stereocenters. The Morgan fingerprint density at radius 3 is 2.69 bits per heavy atom. The molecule has 0 amide bonds. The summed E-state index contributed by atoms with van der Waals surface area (Å²) in [6.45, 7) is 5.46. The van der Waals surface area contributed by atoms with Crippen LogP contribution in [-0.2, 0) is 6.42 Å². The van der Waals surface area contributed by atoms with E-state index in [1.54, 1.807) is 6.20 Å². The van der Waals surface area contributed by atoms with Gasteiger partial charge in [-0.25, -0.2) is 9.97 Å². The van der Waals surface area contributed by atoms with Gasteiger partial charge in [0.1, 0.15) is 5.82 Å². The quantitative estimate of drug-likeness (QED) is 0.664. The predicted molar refractivity (Wildman–Crippen MR) is 50.8 cm³/mol. The summed E-state index contributed by atoms with van der Waals surface area (Å²) in [5.74, 6) is 0.852. The Balaban J connectivity index is 2.98. The molecule has 3 heteroatoms. The van der Waals surface area contributed by atoms with E-state index in [-0.39, 0.29) is 5.78 Å². The summed E-state index contributed by atoms with van der Waals surface area (Å²) in [5.41, 5.74) is 1.41. The van der Waals surface area contributed by atoms with Gasteiger partial charge in [0.25, 0.3) is 0 Å². The van der Waals surface area contributed by atoms with Crippen molar-refractivity contribution in [1.82, 2.24) is 9.97 Å². The number of Topliss-reactive ketones (excluding diaryl/α,β-unsaturated/α-hetero) is 1. The first-order valence-corrected chi connectivity index (χ1v) is 4.48. The number of rotatable bonds is 3.